The molecule has 6 fully saturated rings. The summed E-state index contributed by atoms with van der Waals surface area (Å²) in [5.41, 5.74) is -3.14. The number of carbonyl (C=O) groups is 5. The summed E-state index contributed by atoms with van der Waals surface area (Å²) in [5.74, 6) is -2.66. The van der Waals surface area contributed by atoms with E-state index < -0.39 is 58.0 Å². The number of aromatic nitrogens is 2. The number of carboxylic acids is 1. The third kappa shape index (κ3) is 7.62. The average Bonchev–Trinajstić information content (AvgIpc) is 3.76. The summed E-state index contributed by atoms with van der Waals surface area (Å²) in [4.78, 5) is 70.7. The summed E-state index contributed by atoms with van der Waals surface area (Å²) >= 11 is 0. The molecule has 0 bridgehead atoms. The summed E-state index contributed by atoms with van der Waals surface area (Å²) in [6, 6.07) is 0.767. The highest BCUT2D eigenvalue weighted by atomic mass is 19.4. The summed E-state index contributed by atoms with van der Waals surface area (Å²) < 4.78 is 49.3. The van der Waals surface area contributed by atoms with Gasteiger partial charge in [0.2, 0.25) is 5.91 Å². The first-order valence-electron chi connectivity index (χ1n) is 25.1. The maximum Gasteiger partial charge on any atom is 0.435 e. The number of fused-ring (bicyclic) bond motifs is 7. The molecule has 3 N–H and O–H groups in total. The third-order valence-corrected chi connectivity index (χ3v) is 20.1. The van der Waals surface area contributed by atoms with Crippen molar-refractivity contribution in [1.82, 2.24) is 25.3 Å². The Morgan fingerprint density at radius 2 is 1.57 bits per heavy atom. The van der Waals surface area contributed by atoms with E-state index >= 15 is 0 Å². The second-order valence-electron chi connectivity index (χ2n) is 24.7. The molecule has 10 atom stereocenters. The maximum atomic E-state index is 14.9. The zero-order valence-corrected chi connectivity index (χ0v) is 41.8. The number of hydrogen-bond acceptors (Lipinski definition) is 8. The minimum absolute atomic E-state index is 0.0294. The summed E-state index contributed by atoms with van der Waals surface area (Å²) in [6.45, 7) is 20.4. The van der Waals surface area contributed by atoms with Crippen molar-refractivity contribution in [3.63, 3.8) is 0 Å². The summed E-state index contributed by atoms with van der Waals surface area (Å²) in [5, 5.41) is 19.8. The number of halogens is 3. The number of nitrogens with zero attached hydrogens (tertiary/aromatic N) is 3. The molecule has 12 nitrogen and oxygen atoms in total. The van der Waals surface area contributed by atoms with E-state index in [4.69, 9.17) is 4.74 Å². The molecule has 8 rings (SSSR count). The molecule has 372 valence electrons. The zero-order valence-electron chi connectivity index (χ0n) is 41.8. The third-order valence-electron chi connectivity index (χ3n) is 20.1. The number of allylic oxidation sites excluding steroid dienone is 1. The molecule has 1 aromatic heterocycles. The van der Waals surface area contributed by atoms with Crippen molar-refractivity contribution < 1.29 is 47.0 Å². The van der Waals surface area contributed by atoms with Crippen LogP contribution in [0.1, 0.15) is 168 Å². The van der Waals surface area contributed by atoms with E-state index in [1.807, 2.05) is 32.8 Å². The van der Waals surface area contributed by atoms with Crippen LogP contribution >= 0.6 is 0 Å². The molecular weight excluding hydrogens is 864 g/mol. The Kier molecular flexibility index (Phi) is 12.2. The van der Waals surface area contributed by atoms with Crippen LogP contribution in [-0.4, -0.2) is 87.1 Å². The molecule has 7 aliphatic carbocycles. The second-order valence-corrected chi connectivity index (χ2v) is 24.7. The molecule has 2 amide bonds. The van der Waals surface area contributed by atoms with Crippen LogP contribution in [0.15, 0.2) is 17.2 Å². The number of carboxylic acid groups (broad SMARTS) is 1. The van der Waals surface area contributed by atoms with Crippen LogP contribution in [0, 0.1) is 62.6 Å². The zero-order chi connectivity index (χ0) is 49.2. The fraction of sp³-hybridized carbons (Fsp3) is 0.808. The van der Waals surface area contributed by atoms with E-state index in [1.165, 1.54) is 0 Å². The van der Waals surface area contributed by atoms with E-state index in [2.05, 4.69) is 64.2 Å². The van der Waals surface area contributed by atoms with Crippen LogP contribution in [0.25, 0.3) is 0 Å². The number of aliphatic carboxylic acids is 1. The van der Waals surface area contributed by atoms with Crippen LogP contribution in [0.3, 0.4) is 0 Å². The molecule has 67 heavy (non-hydrogen) atoms. The van der Waals surface area contributed by atoms with E-state index in [0.717, 1.165) is 66.8 Å². The van der Waals surface area contributed by atoms with Crippen LogP contribution < -0.4 is 10.6 Å². The number of amides is 2. The van der Waals surface area contributed by atoms with Crippen molar-refractivity contribution in [2.45, 2.75) is 182 Å². The van der Waals surface area contributed by atoms with Gasteiger partial charge in [0.15, 0.2) is 11.5 Å². The van der Waals surface area contributed by atoms with Crippen molar-refractivity contribution in [3.8, 4) is 0 Å². The Labute approximate surface area is 394 Å². The Balaban J connectivity index is 1.03. The van der Waals surface area contributed by atoms with E-state index in [-0.39, 0.29) is 75.9 Å². The fourth-order valence-corrected chi connectivity index (χ4v) is 15.9. The Morgan fingerprint density at radius 3 is 2.15 bits per heavy atom. The van der Waals surface area contributed by atoms with Gasteiger partial charge in [0.1, 0.15) is 17.3 Å². The first-order valence-corrected chi connectivity index (χ1v) is 25.1. The first-order chi connectivity index (χ1) is 31.0. The molecule has 1 heterocycles. The van der Waals surface area contributed by atoms with Crippen molar-refractivity contribution in [3.05, 3.63) is 28.6 Å². The lowest BCUT2D eigenvalue weighted by atomic mass is 9.33. The minimum atomic E-state index is -4.75. The second kappa shape index (κ2) is 16.4. The van der Waals surface area contributed by atoms with Gasteiger partial charge in [0.05, 0.1) is 17.4 Å². The van der Waals surface area contributed by atoms with Gasteiger partial charge in [-0.1, -0.05) is 62.3 Å². The molecule has 6 saturated carbocycles. The Morgan fingerprint density at radius 1 is 0.881 bits per heavy atom. The quantitative estimate of drug-likeness (QED) is 0.174. The topological polar surface area (TPSA) is 160 Å². The van der Waals surface area contributed by atoms with Gasteiger partial charge in [0, 0.05) is 24.4 Å². The molecule has 7 aliphatic rings. The number of ether oxygens (including phenoxy) is 1. The maximum absolute atomic E-state index is 14.9. The average molecular weight is 940 g/mol. The van der Waals surface area contributed by atoms with Crippen LogP contribution in [-0.2, 0) is 36.6 Å². The van der Waals surface area contributed by atoms with E-state index in [1.54, 1.807) is 0 Å². The molecule has 15 heteroatoms. The molecule has 1 aromatic rings. The Hall–Kier alpha value is -3.75. The number of alkyl halides is 3. The standard InChI is InChI=1S/C52H76F3N5O7/c1-29(2)39-34(61)28-51(57-44(66)50(18-12-19-50)56-41(62)33-27-37(52(53,54)55)58-60(33)25-13-24-59(10)11)23-22-48(8)30(40(39)51)14-15-36-47(7)20-17-38(46(5,6)35(47)16-21-49(36,48)9)67-43(65)32-26-31(42(63)64)45(32,3)4/h27,29-32,35-36,38H,12-26,28H2,1-11H3,(H,56,62)(H,57,66)(H,63,64)/t30-,31+,32-,35+,36-,38+,47+,48-,49-,51-/m1/s1. The lowest BCUT2D eigenvalue weighted by Gasteiger charge is -2.72. The highest BCUT2D eigenvalue weighted by molar-refractivity contribution is 6.04. The molecule has 0 radical (unpaired) electrons. The predicted molar refractivity (Wildman–Crippen MR) is 245 cm³/mol. The number of esters is 1. The normalized spacial score (nSPS) is 37.0. The number of hydrogen-bond donors (Lipinski definition) is 3. The van der Waals surface area contributed by atoms with Crippen molar-refractivity contribution >= 4 is 29.5 Å². The summed E-state index contributed by atoms with van der Waals surface area (Å²) in [6.07, 6.45) is 3.94. The van der Waals surface area contributed by atoms with Gasteiger partial charge >= 0.3 is 18.1 Å². The molecule has 0 saturated heterocycles. The SMILES string of the molecule is CC(C)C1=C2[C@H]3CC[C@@H]4[C@@]5(C)CC[C@H](OC(=O)[C@H]6C[C@@H](C(=O)O)C6(C)C)C(C)(C)[C@@H]5CC[C@@]4(C)[C@]3(C)CC[C@@]2(NC(=O)C2(NC(=O)c3cc(C(F)(F)F)nn3CCCN(C)C)CCC2)CC1=O. The van der Waals surface area contributed by atoms with Crippen molar-refractivity contribution in [1.29, 1.82) is 0 Å². The lowest BCUT2D eigenvalue weighted by Crippen LogP contribution is -2.70. The van der Waals surface area contributed by atoms with Gasteiger partial charge in [-0.3, -0.25) is 28.7 Å². The Bertz CT molecular complexity index is 2240. The van der Waals surface area contributed by atoms with Gasteiger partial charge in [-0.25, -0.2) is 0 Å². The number of Topliss-reactive ketones (excluding diaryl/α,β-unsaturated/α-hetero) is 1. The van der Waals surface area contributed by atoms with Crippen molar-refractivity contribution in [2.24, 2.45) is 62.6 Å². The minimum Gasteiger partial charge on any atom is -0.481 e. The molecule has 0 aliphatic heterocycles. The van der Waals surface area contributed by atoms with Gasteiger partial charge in [-0.15, -0.1) is 0 Å². The number of aryl methyl sites for hydroxylation is 1. The summed E-state index contributed by atoms with van der Waals surface area (Å²) in [7, 11) is 3.72. The lowest BCUT2D eigenvalue weighted by molar-refractivity contribution is -0.235. The molecule has 0 unspecified atom stereocenters. The molecular formula is C52H76F3N5O7. The highest BCUT2D eigenvalue weighted by Crippen LogP contribution is 2.76. The number of rotatable bonds is 12. The fourth-order valence-electron chi connectivity index (χ4n) is 15.9. The monoisotopic (exact) mass is 940 g/mol. The van der Waals surface area contributed by atoms with Crippen LogP contribution in [0.2, 0.25) is 0 Å². The van der Waals surface area contributed by atoms with Crippen molar-refractivity contribution in [2.75, 3.05) is 20.6 Å². The molecule has 0 spiro atoms. The smallest absolute Gasteiger partial charge is 0.435 e. The largest absolute Gasteiger partial charge is 0.481 e. The van der Waals surface area contributed by atoms with E-state index in [0.29, 0.717) is 51.0 Å². The number of nitrogens with one attached hydrogen (secondary N) is 2. The van der Waals surface area contributed by atoms with Gasteiger partial charge in [0.25, 0.3) is 5.91 Å². The van der Waals surface area contributed by atoms with Gasteiger partial charge < -0.3 is 25.4 Å². The molecule has 0 aromatic carbocycles. The van der Waals surface area contributed by atoms with E-state index in [9.17, 15) is 42.3 Å². The highest BCUT2D eigenvalue weighted by Gasteiger charge is 2.71. The van der Waals surface area contributed by atoms with Gasteiger partial charge in [-0.05, 0) is 161 Å². The van der Waals surface area contributed by atoms with Gasteiger partial charge in [-0.2, -0.15) is 18.3 Å². The van der Waals surface area contributed by atoms with Crippen LogP contribution in [0.5, 0.6) is 0 Å². The predicted octanol–water partition coefficient (Wildman–Crippen LogP) is 9.01. The number of carbonyl (C=O) groups excluding carboxylic acids is 4. The first kappa shape index (κ1) is 49.7. The van der Waals surface area contributed by atoms with Crippen LogP contribution in [0.4, 0.5) is 13.2 Å². The number of ketones is 1.